The van der Waals surface area contributed by atoms with Gasteiger partial charge in [-0.3, -0.25) is 14.5 Å². The van der Waals surface area contributed by atoms with Gasteiger partial charge in [-0.25, -0.2) is 4.99 Å². The van der Waals surface area contributed by atoms with E-state index in [4.69, 9.17) is 4.99 Å². The van der Waals surface area contributed by atoms with Gasteiger partial charge in [0.25, 0.3) is 11.8 Å². The molecular weight excluding hydrogens is 418 g/mol. The van der Waals surface area contributed by atoms with E-state index in [9.17, 15) is 9.59 Å². The Kier molecular flexibility index (Phi) is 4.94. The van der Waals surface area contributed by atoms with Crippen molar-refractivity contribution in [2.24, 2.45) is 4.99 Å². The first-order valence-electron chi connectivity index (χ1n) is 10.3. The topological polar surface area (TPSA) is 53.0 Å². The maximum Gasteiger partial charge on any atom is 0.272 e. The monoisotopic (exact) mass is 439 g/mol. The minimum Gasteiger partial charge on any atom is -0.311 e. The number of amides is 2. The third-order valence-corrected chi connectivity index (χ3v) is 6.65. The molecule has 0 bridgehead atoms. The summed E-state index contributed by atoms with van der Waals surface area (Å²) >= 11 is 1.25. The number of rotatable bonds is 2. The lowest BCUT2D eigenvalue weighted by Gasteiger charge is -2.16. The van der Waals surface area contributed by atoms with Crippen molar-refractivity contribution >= 4 is 51.4 Å². The maximum atomic E-state index is 13.7. The average Bonchev–Trinajstić information content (AvgIpc) is 3.24. The largest absolute Gasteiger partial charge is 0.311 e. The van der Waals surface area contributed by atoms with Crippen LogP contribution in [0.2, 0.25) is 0 Å². The third-order valence-electron chi connectivity index (χ3n) is 5.61. The number of hydrogen-bond acceptors (Lipinski definition) is 4. The Bertz CT molecular complexity index is 1310. The second-order valence-corrected chi connectivity index (χ2v) is 8.87. The Morgan fingerprint density at radius 3 is 2.09 bits per heavy atom. The number of anilines is 2. The van der Waals surface area contributed by atoms with E-state index in [2.05, 4.69) is 0 Å². The van der Waals surface area contributed by atoms with Crippen LogP contribution in [0.1, 0.15) is 16.7 Å². The van der Waals surface area contributed by atoms with Crippen LogP contribution < -0.4 is 9.80 Å². The normalized spacial score (nSPS) is 19.3. The van der Waals surface area contributed by atoms with Gasteiger partial charge in [-0.1, -0.05) is 53.6 Å². The first kappa shape index (κ1) is 20.3. The second kappa shape index (κ2) is 7.80. The number of carbonyl (C=O) groups excluding carboxylic acids is 2. The predicted octanol–water partition coefficient (Wildman–Crippen LogP) is 5.46. The van der Waals surface area contributed by atoms with Crippen molar-refractivity contribution in [3.05, 3.63) is 94.4 Å². The summed E-state index contributed by atoms with van der Waals surface area (Å²) in [7, 11) is 1.73. The number of fused-ring (bicyclic) bond motifs is 1. The fraction of sp³-hybridized carbons (Fsp3) is 0.115. The number of thioether (sulfide) groups is 1. The van der Waals surface area contributed by atoms with Gasteiger partial charge in [-0.2, -0.15) is 0 Å². The lowest BCUT2D eigenvalue weighted by molar-refractivity contribution is -0.115. The van der Waals surface area contributed by atoms with Gasteiger partial charge in [0.1, 0.15) is 0 Å². The molecule has 0 spiro atoms. The third kappa shape index (κ3) is 3.33. The minimum absolute atomic E-state index is 0.178. The number of para-hydroxylation sites is 1. The molecule has 0 saturated carbocycles. The van der Waals surface area contributed by atoms with Gasteiger partial charge < -0.3 is 4.90 Å². The van der Waals surface area contributed by atoms with Crippen LogP contribution in [0.25, 0.3) is 5.57 Å². The van der Waals surface area contributed by atoms with E-state index in [0.29, 0.717) is 15.6 Å². The van der Waals surface area contributed by atoms with Crippen molar-refractivity contribution in [1.29, 1.82) is 0 Å². The van der Waals surface area contributed by atoms with Gasteiger partial charge >= 0.3 is 0 Å². The minimum atomic E-state index is -0.238. The van der Waals surface area contributed by atoms with Crippen LogP contribution in [-0.4, -0.2) is 24.0 Å². The molecule has 0 atom stereocenters. The molecule has 0 aliphatic carbocycles. The molecule has 2 aliphatic heterocycles. The van der Waals surface area contributed by atoms with Crippen LogP contribution in [0.3, 0.4) is 0 Å². The van der Waals surface area contributed by atoms with Crippen molar-refractivity contribution in [1.82, 2.24) is 0 Å². The quantitative estimate of drug-likeness (QED) is 0.498. The van der Waals surface area contributed by atoms with Crippen molar-refractivity contribution in [2.75, 3.05) is 16.8 Å². The Morgan fingerprint density at radius 1 is 0.781 bits per heavy atom. The molecule has 0 unspecified atom stereocenters. The van der Waals surface area contributed by atoms with Crippen LogP contribution >= 0.6 is 11.8 Å². The molecule has 2 amide bonds. The molecule has 0 radical (unpaired) electrons. The van der Waals surface area contributed by atoms with E-state index in [1.54, 1.807) is 16.8 Å². The molecule has 5 nitrogen and oxygen atoms in total. The number of amidine groups is 1. The van der Waals surface area contributed by atoms with Crippen molar-refractivity contribution in [3.8, 4) is 0 Å². The highest BCUT2D eigenvalue weighted by Crippen LogP contribution is 2.45. The van der Waals surface area contributed by atoms with E-state index in [-0.39, 0.29) is 11.8 Å². The second-order valence-electron chi connectivity index (χ2n) is 7.89. The van der Waals surface area contributed by atoms with Crippen LogP contribution in [0.15, 0.2) is 82.7 Å². The predicted molar refractivity (Wildman–Crippen MR) is 131 cm³/mol. The van der Waals surface area contributed by atoms with Gasteiger partial charge in [-0.05, 0) is 55.9 Å². The zero-order valence-corrected chi connectivity index (χ0v) is 18.8. The number of likely N-dealkylation sites (N-methyl/N-ethyl adjacent to an activating group) is 1. The highest BCUT2D eigenvalue weighted by Gasteiger charge is 2.42. The van der Waals surface area contributed by atoms with Gasteiger partial charge in [0, 0.05) is 12.6 Å². The fourth-order valence-electron chi connectivity index (χ4n) is 3.84. The lowest BCUT2D eigenvalue weighted by Crippen LogP contribution is -2.29. The molecule has 3 aromatic rings. The van der Waals surface area contributed by atoms with Gasteiger partial charge in [-0.15, -0.1) is 0 Å². The number of nitrogens with zero attached hydrogens (tertiary/aromatic N) is 3. The Morgan fingerprint density at radius 2 is 1.41 bits per heavy atom. The molecule has 158 valence electrons. The number of benzene rings is 3. The maximum absolute atomic E-state index is 13.7. The number of aryl methyl sites for hydroxylation is 2. The number of carbonyl (C=O) groups is 2. The standard InChI is InChI=1S/C26H21N3O2S/c1-16-8-12-18(13-9-16)27-26-29(19-14-10-17(2)11-15-19)25(31)23(32-26)22-20-6-4-5-7-21(20)28(3)24(22)30/h4-15H,1-3H3/b23-22-,27-26?. The first-order chi connectivity index (χ1) is 15.4. The lowest BCUT2D eigenvalue weighted by atomic mass is 10.1. The zero-order valence-electron chi connectivity index (χ0n) is 18.0. The molecule has 1 saturated heterocycles. The van der Waals surface area contributed by atoms with Crippen molar-refractivity contribution in [3.63, 3.8) is 0 Å². The Balaban J connectivity index is 1.68. The highest BCUT2D eigenvalue weighted by atomic mass is 32.2. The summed E-state index contributed by atoms with van der Waals surface area (Å²) in [5.74, 6) is -0.416. The zero-order chi connectivity index (χ0) is 22.4. The molecule has 32 heavy (non-hydrogen) atoms. The summed E-state index contributed by atoms with van der Waals surface area (Å²) in [6.07, 6.45) is 0. The van der Waals surface area contributed by atoms with Gasteiger partial charge in [0.05, 0.1) is 27.5 Å². The highest BCUT2D eigenvalue weighted by molar-refractivity contribution is 8.19. The first-order valence-corrected chi connectivity index (χ1v) is 11.1. The molecule has 2 aliphatic rings. The van der Waals surface area contributed by atoms with E-state index >= 15 is 0 Å². The Labute approximate surface area is 191 Å². The smallest absolute Gasteiger partial charge is 0.272 e. The summed E-state index contributed by atoms with van der Waals surface area (Å²) in [6.45, 7) is 4.02. The average molecular weight is 440 g/mol. The number of hydrogen-bond donors (Lipinski definition) is 0. The molecule has 2 heterocycles. The summed E-state index contributed by atoms with van der Waals surface area (Å²) < 4.78 is 0. The summed E-state index contributed by atoms with van der Waals surface area (Å²) in [5.41, 5.74) is 5.73. The van der Waals surface area contributed by atoms with Gasteiger partial charge in [0.2, 0.25) is 0 Å². The molecule has 5 rings (SSSR count). The molecule has 3 aromatic carbocycles. The molecule has 0 aromatic heterocycles. The van der Waals surface area contributed by atoms with E-state index in [1.807, 2.05) is 86.6 Å². The summed E-state index contributed by atoms with van der Waals surface area (Å²) in [6, 6.07) is 23.1. The molecule has 6 heteroatoms. The van der Waals surface area contributed by atoms with Crippen LogP contribution in [0, 0.1) is 13.8 Å². The van der Waals surface area contributed by atoms with E-state index in [0.717, 1.165) is 33.8 Å². The molecular formula is C26H21N3O2S. The van der Waals surface area contributed by atoms with Crippen LogP contribution in [0.5, 0.6) is 0 Å². The van der Waals surface area contributed by atoms with Crippen LogP contribution in [0.4, 0.5) is 17.1 Å². The SMILES string of the molecule is Cc1ccc(N=C2S/C(=C3\C(=O)N(C)c4ccccc43)C(=O)N2c2ccc(C)cc2)cc1. The Hall–Kier alpha value is -3.64. The van der Waals surface area contributed by atoms with Gasteiger partial charge in [0.15, 0.2) is 5.17 Å². The van der Waals surface area contributed by atoms with E-state index in [1.165, 1.54) is 11.8 Å². The fourth-order valence-corrected chi connectivity index (χ4v) is 4.93. The number of aliphatic imine (C=N–C) groups is 1. The van der Waals surface area contributed by atoms with E-state index < -0.39 is 0 Å². The molecule has 0 N–H and O–H groups in total. The van der Waals surface area contributed by atoms with Crippen molar-refractivity contribution in [2.45, 2.75) is 13.8 Å². The molecule has 1 fully saturated rings. The summed E-state index contributed by atoms with van der Waals surface area (Å²) in [5, 5.41) is 0.532. The van der Waals surface area contributed by atoms with Crippen molar-refractivity contribution < 1.29 is 9.59 Å². The summed E-state index contributed by atoms with van der Waals surface area (Å²) in [4.78, 5) is 35.2. The van der Waals surface area contributed by atoms with Crippen LogP contribution in [-0.2, 0) is 9.59 Å².